The minimum atomic E-state index is -0.699. The molecule has 3 rings (SSSR count). The number of rotatable bonds is 3. The van der Waals surface area contributed by atoms with Crippen molar-refractivity contribution in [2.24, 2.45) is 5.92 Å². The van der Waals surface area contributed by atoms with E-state index in [1.165, 1.54) is 0 Å². The van der Waals surface area contributed by atoms with Gasteiger partial charge in [0.25, 0.3) is 0 Å². The largest absolute Gasteiger partial charge is 0.481 e. The van der Waals surface area contributed by atoms with Crippen LogP contribution in [0.4, 0.5) is 0 Å². The van der Waals surface area contributed by atoms with Crippen LogP contribution in [0.15, 0.2) is 30.3 Å². The molecule has 2 atom stereocenters. The molecule has 1 fully saturated rings. The van der Waals surface area contributed by atoms with Crippen LogP contribution in [-0.2, 0) is 4.79 Å². The molecular weight excluding hydrogens is 254 g/mol. The van der Waals surface area contributed by atoms with Crippen molar-refractivity contribution in [1.29, 1.82) is 0 Å². The van der Waals surface area contributed by atoms with E-state index >= 15 is 0 Å². The van der Waals surface area contributed by atoms with Gasteiger partial charge in [-0.2, -0.15) is 0 Å². The van der Waals surface area contributed by atoms with Crippen LogP contribution in [0.25, 0.3) is 5.69 Å². The molecule has 2 unspecified atom stereocenters. The first-order chi connectivity index (χ1) is 9.66. The first-order valence-electron chi connectivity index (χ1n) is 6.87. The van der Waals surface area contributed by atoms with Gasteiger partial charge in [-0.05, 0) is 38.3 Å². The maximum atomic E-state index is 11.1. The van der Waals surface area contributed by atoms with E-state index in [-0.39, 0.29) is 11.8 Å². The molecule has 1 aliphatic rings. The SMILES string of the molecule is Cc1nnc(C2CCC(C(=O)O)C2)n1-c1ccccc1. The van der Waals surface area contributed by atoms with E-state index in [0.29, 0.717) is 6.42 Å². The molecule has 5 nitrogen and oxygen atoms in total. The molecule has 5 heteroatoms. The summed E-state index contributed by atoms with van der Waals surface area (Å²) < 4.78 is 2.04. The number of benzene rings is 1. The van der Waals surface area contributed by atoms with Gasteiger partial charge in [-0.3, -0.25) is 9.36 Å². The summed E-state index contributed by atoms with van der Waals surface area (Å²) in [6, 6.07) is 9.96. The standard InChI is InChI=1S/C15H17N3O2/c1-10-16-17-14(11-7-8-12(9-11)15(19)20)18(10)13-5-3-2-4-6-13/h2-6,11-12H,7-9H2,1H3,(H,19,20). The lowest BCUT2D eigenvalue weighted by Gasteiger charge is -2.13. The predicted octanol–water partition coefficient (Wildman–Crippen LogP) is 2.54. The number of aryl methyl sites for hydroxylation is 1. The summed E-state index contributed by atoms with van der Waals surface area (Å²) in [5, 5.41) is 17.6. The quantitative estimate of drug-likeness (QED) is 0.931. The third-order valence-corrected chi connectivity index (χ3v) is 4.01. The molecule has 0 spiro atoms. The highest BCUT2D eigenvalue weighted by atomic mass is 16.4. The Bertz CT molecular complexity index is 621. The van der Waals surface area contributed by atoms with Crippen LogP contribution in [0, 0.1) is 12.8 Å². The molecule has 2 aromatic rings. The molecule has 0 bridgehead atoms. The number of hydrogen-bond donors (Lipinski definition) is 1. The molecule has 0 saturated heterocycles. The normalized spacial score (nSPS) is 22.1. The fourth-order valence-electron chi connectivity index (χ4n) is 2.98. The second kappa shape index (κ2) is 5.07. The number of aliphatic carboxylic acids is 1. The summed E-state index contributed by atoms with van der Waals surface area (Å²) in [5.74, 6) is 0.955. The Morgan fingerprint density at radius 2 is 2.00 bits per heavy atom. The minimum Gasteiger partial charge on any atom is -0.481 e. The van der Waals surface area contributed by atoms with Crippen molar-refractivity contribution in [2.75, 3.05) is 0 Å². The molecule has 1 saturated carbocycles. The average molecular weight is 271 g/mol. The second-order valence-corrected chi connectivity index (χ2v) is 5.32. The van der Waals surface area contributed by atoms with Gasteiger partial charge in [-0.25, -0.2) is 0 Å². The maximum Gasteiger partial charge on any atom is 0.306 e. The molecular formula is C15H17N3O2. The van der Waals surface area contributed by atoms with Gasteiger partial charge >= 0.3 is 5.97 Å². The van der Waals surface area contributed by atoms with Gasteiger partial charge in [0.15, 0.2) is 0 Å². The van der Waals surface area contributed by atoms with Crippen LogP contribution in [0.3, 0.4) is 0 Å². The summed E-state index contributed by atoms with van der Waals surface area (Å²) in [7, 11) is 0. The Hall–Kier alpha value is -2.17. The Kier molecular flexibility index (Phi) is 3.26. The highest BCUT2D eigenvalue weighted by molar-refractivity contribution is 5.70. The number of carboxylic acid groups (broad SMARTS) is 1. The van der Waals surface area contributed by atoms with Crippen LogP contribution < -0.4 is 0 Å². The average Bonchev–Trinajstić information content (AvgIpc) is 3.06. The van der Waals surface area contributed by atoms with E-state index in [1.54, 1.807) is 0 Å². The lowest BCUT2D eigenvalue weighted by molar-refractivity contribution is -0.141. The van der Waals surface area contributed by atoms with E-state index in [1.807, 2.05) is 41.8 Å². The first kappa shape index (κ1) is 12.8. The zero-order chi connectivity index (χ0) is 14.1. The Morgan fingerprint density at radius 3 is 2.65 bits per heavy atom. The number of hydrogen-bond acceptors (Lipinski definition) is 3. The topological polar surface area (TPSA) is 68.0 Å². The van der Waals surface area contributed by atoms with E-state index in [0.717, 1.165) is 30.2 Å². The summed E-state index contributed by atoms with van der Waals surface area (Å²) in [5.41, 5.74) is 1.03. The lowest BCUT2D eigenvalue weighted by atomic mass is 10.0. The fourth-order valence-corrected chi connectivity index (χ4v) is 2.98. The molecule has 1 aliphatic carbocycles. The van der Waals surface area contributed by atoms with Gasteiger partial charge in [0.05, 0.1) is 5.92 Å². The van der Waals surface area contributed by atoms with Crippen molar-refractivity contribution in [3.05, 3.63) is 42.0 Å². The van der Waals surface area contributed by atoms with E-state index in [4.69, 9.17) is 5.11 Å². The predicted molar refractivity (Wildman–Crippen MR) is 73.8 cm³/mol. The third-order valence-electron chi connectivity index (χ3n) is 4.01. The summed E-state index contributed by atoms with van der Waals surface area (Å²) >= 11 is 0. The molecule has 0 amide bonds. The Morgan fingerprint density at radius 1 is 1.25 bits per heavy atom. The van der Waals surface area contributed by atoms with Gasteiger partial charge in [-0.15, -0.1) is 10.2 Å². The third kappa shape index (κ3) is 2.19. The van der Waals surface area contributed by atoms with E-state index in [9.17, 15) is 4.79 Å². The van der Waals surface area contributed by atoms with E-state index in [2.05, 4.69) is 10.2 Å². The maximum absolute atomic E-state index is 11.1. The molecule has 1 heterocycles. The van der Waals surface area contributed by atoms with Gasteiger partial charge < -0.3 is 5.11 Å². The van der Waals surface area contributed by atoms with Crippen LogP contribution in [0.2, 0.25) is 0 Å². The first-order valence-corrected chi connectivity index (χ1v) is 6.87. The lowest BCUT2D eigenvalue weighted by Crippen LogP contribution is -2.11. The van der Waals surface area contributed by atoms with Crippen molar-refractivity contribution in [3.8, 4) is 5.69 Å². The van der Waals surface area contributed by atoms with Crippen LogP contribution >= 0.6 is 0 Å². The van der Waals surface area contributed by atoms with Gasteiger partial charge in [0.2, 0.25) is 0 Å². The Balaban J connectivity index is 1.94. The summed E-state index contributed by atoms with van der Waals surface area (Å²) in [6.07, 6.45) is 2.24. The zero-order valence-corrected chi connectivity index (χ0v) is 11.4. The van der Waals surface area contributed by atoms with Crippen molar-refractivity contribution in [1.82, 2.24) is 14.8 Å². The van der Waals surface area contributed by atoms with Gasteiger partial charge in [-0.1, -0.05) is 18.2 Å². The summed E-state index contributed by atoms with van der Waals surface area (Å²) in [6.45, 7) is 1.92. The Labute approximate surface area is 117 Å². The van der Waals surface area contributed by atoms with Crippen molar-refractivity contribution < 1.29 is 9.90 Å². The minimum absolute atomic E-state index is 0.178. The van der Waals surface area contributed by atoms with Crippen molar-refractivity contribution >= 4 is 5.97 Å². The van der Waals surface area contributed by atoms with Gasteiger partial charge in [0.1, 0.15) is 11.6 Å². The highest BCUT2D eigenvalue weighted by Gasteiger charge is 2.33. The number of nitrogens with zero attached hydrogens (tertiary/aromatic N) is 3. The zero-order valence-electron chi connectivity index (χ0n) is 11.4. The molecule has 1 aromatic heterocycles. The van der Waals surface area contributed by atoms with Gasteiger partial charge in [0, 0.05) is 11.6 Å². The molecule has 1 N–H and O–H groups in total. The molecule has 20 heavy (non-hydrogen) atoms. The smallest absolute Gasteiger partial charge is 0.306 e. The second-order valence-electron chi connectivity index (χ2n) is 5.32. The monoisotopic (exact) mass is 271 g/mol. The molecule has 1 aromatic carbocycles. The number of para-hydroxylation sites is 1. The van der Waals surface area contributed by atoms with Crippen molar-refractivity contribution in [3.63, 3.8) is 0 Å². The van der Waals surface area contributed by atoms with Crippen LogP contribution in [0.1, 0.15) is 36.8 Å². The molecule has 104 valence electrons. The number of carboxylic acids is 1. The van der Waals surface area contributed by atoms with Crippen LogP contribution in [-0.4, -0.2) is 25.8 Å². The summed E-state index contributed by atoms with van der Waals surface area (Å²) in [4.78, 5) is 11.1. The number of carbonyl (C=O) groups is 1. The van der Waals surface area contributed by atoms with Crippen LogP contribution in [0.5, 0.6) is 0 Å². The molecule has 0 radical (unpaired) electrons. The van der Waals surface area contributed by atoms with E-state index < -0.39 is 5.97 Å². The number of aromatic nitrogens is 3. The van der Waals surface area contributed by atoms with Crippen molar-refractivity contribution in [2.45, 2.75) is 32.1 Å². The fraction of sp³-hybridized carbons (Fsp3) is 0.400. The molecule has 0 aliphatic heterocycles. The highest BCUT2D eigenvalue weighted by Crippen LogP contribution is 2.38.